The summed E-state index contributed by atoms with van der Waals surface area (Å²) in [4.78, 5) is 13.0. The van der Waals surface area contributed by atoms with Gasteiger partial charge in [-0.15, -0.1) is 0 Å². The highest BCUT2D eigenvalue weighted by molar-refractivity contribution is 5.80. The number of amides is 1. The normalized spacial score (nSPS) is 29.4. The molecule has 1 fully saturated rings. The summed E-state index contributed by atoms with van der Waals surface area (Å²) in [6.07, 6.45) is 2.27. The number of hydrogen-bond donors (Lipinski definition) is 2. The maximum atomic E-state index is 11.0. The predicted molar refractivity (Wildman–Crippen MR) is 50.1 cm³/mol. The lowest BCUT2D eigenvalue weighted by Crippen LogP contribution is -2.40. The molecule has 1 rings (SSSR count). The standard InChI is InChI=1S/C9H18N2O2/c1-2-3-4-11-6-7(12)5-8(11)9(10)13/h7-8,12H,2-6H2,1H3,(H2,10,13)/t7?,8-/m0/s1. The number of aliphatic hydroxyl groups excluding tert-OH is 1. The zero-order chi connectivity index (χ0) is 9.84. The minimum atomic E-state index is -0.380. The molecule has 0 aromatic heterocycles. The van der Waals surface area contributed by atoms with E-state index in [1.54, 1.807) is 0 Å². The van der Waals surface area contributed by atoms with Crippen LogP contribution in [0, 0.1) is 0 Å². The van der Waals surface area contributed by atoms with Crippen molar-refractivity contribution in [1.29, 1.82) is 0 Å². The molecule has 1 heterocycles. The molecule has 3 N–H and O–H groups in total. The summed E-state index contributed by atoms with van der Waals surface area (Å²) in [7, 11) is 0. The molecule has 0 aromatic rings. The molecule has 2 atom stereocenters. The fraction of sp³-hybridized carbons (Fsp3) is 0.889. The molecule has 0 bridgehead atoms. The zero-order valence-corrected chi connectivity index (χ0v) is 8.07. The molecule has 1 saturated heterocycles. The first-order valence-electron chi connectivity index (χ1n) is 4.86. The van der Waals surface area contributed by atoms with E-state index in [0.717, 1.165) is 19.4 Å². The van der Waals surface area contributed by atoms with Gasteiger partial charge < -0.3 is 10.8 Å². The molecule has 4 nitrogen and oxygen atoms in total. The van der Waals surface area contributed by atoms with Crippen molar-refractivity contribution in [2.75, 3.05) is 13.1 Å². The molecule has 1 aliphatic rings. The Balaban J connectivity index is 2.45. The smallest absolute Gasteiger partial charge is 0.234 e. The van der Waals surface area contributed by atoms with Crippen molar-refractivity contribution in [1.82, 2.24) is 4.90 Å². The van der Waals surface area contributed by atoms with E-state index >= 15 is 0 Å². The van der Waals surface area contributed by atoms with Crippen LogP contribution < -0.4 is 5.73 Å². The van der Waals surface area contributed by atoms with E-state index in [1.807, 2.05) is 4.90 Å². The highest BCUT2D eigenvalue weighted by atomic mass is 16.3. The molecule has 0 aliphatic carbocycles. The van der Waals surface area contributed by atoms with Crippen LogP contribution in [0.4, 0.5) is 0 Å². The van der Waals surface area contributed by atoms with Crippen LogP contribution in [0.15, 0.2) is 0 Å². The lowest BCUT2D eigenvalue weighted by molar-refractivity contribution is -0.122. The fourth-order valence-electron chi connectivity index (χ4n) is 1.78. The van der Waals surface area contributed by atoms with E-state index in [-0.39, 0.29) is 18.1 Å². The molecular weight excluding hydrogens is 168 g/mol. The van der Waals surface area contributed by atoms with Crippen LogP contribution >= 0.6 is 0 Å². The highest BCUT2D eigenvalue weighted by Gasteiger charge is 2.33. The van der Waals surface area contributed by atoms with Crippen LogP contribution in [-0.4, -0.2) is 41.1 Å². The van der Waals surface area contributed by atoms with Gasteiger partial charge in [-0.1, -0.05) is 13.3 Å². The minimum Gasteiger partial charge on any atom is -0.392 e. The van der Waals surface area contributed by atoms with Crippen molar-refractivity contribution < 1.29 is 9.90 Å². The van der Waals surface area contributed by atoms with Crippen molar-refractivity contribution in [3.05, 3.63) is 0 Å². The lowest BCUT2D eigenvalue weighted by atomic mass is 10.2. The number of aliphatic hydroxyl groups is 1. The fourth-order valence-corrected chi connectivity index (χ4v) is 1.78. The third-order valence-corrected chi connectivity index (χ3v) is 2.51. The Labute approximate surface area is 78.7 Å². The summed E-state index contributed by atoms with van der Waals surface area (Å²) in [5.41, 5.74) is 5.23. The summed E-state index contributed by atoms with van der Waals surface area (Å²) in [5.74, 6) is -0.312. The molecule has 1 unspecified atom stereocenters. The van der Waals surface area contributed by atoms with Crippen LogP contribution in [0.3, 0.4) is 0 Å². The largest absolute Gasteiger partial charge is 0.392 e. The van der Waals surface area contributed by atoms with Gasteiger partial charge in [0.1, 0.15) is 0 Å². The minimum absolute atomic E-state index is 0.249. The maximum absolute atomic E-state index is 11.0. The molecule has 76 valence electrons. The first-order chi connectivity index (χ1) is 6.15. The van der Waals surface area contributed by atoms with E-state index in [1.165, 1.54) is 0 Å². The van der Waals surface area contributed by atoms with Crippen LogP contribution in [-0.2, 0) is 4.79 Å². The van der Waals surface area contributed by atoms with Crippen molar-refractivity contribution in [3.63, 3.8) is 0 Å². The Morgan fingerprint density at radius 2 is 2.38 bits per heavy atom. The summed E-state index contributed by atoms with van der Waals surface area (Å²) < 4.78 is 0. The number of unbranched alkanes of at least 4 members (excludes halogenated alkanes) is 1. The summed E-state index contributed by atoms with van der Waals surface area (Å²) in [6.45, 7) is 3.56. The summed E-state index contributed by atoms with van der Waals surface area (Å²) in [5, 5.41) is 9.37. The second-order valence-corrected chi connectivity index (χ2v) is 3.66. The molecule has 0 spiro atoms. The van der Waals surface area contributed by atoms with Gasteiger partial charge in [0.2, 0.25) is 5.91 Å². The summed E-state index contributed by atoms with van der Waals surface area (Å²) >= 11 is 0. The van der Waals surface area contributed by atoms with Gasteiger partial charge in [0, 0.05) is 6.54 Å². The van der Waals surface area contributed by atoms with Crippen molar-refractivity contribution >= 4 is 5.91 Å². The molecule has 0 aromatic carbocycles. The van der Waals surface area contributed by atoms with Crippen LogP contribution in [0.5, 0.6) is 0 Å². The van der Waals surface area contributed by atoms with Gasteiger partial charge in [0.25, 0.3) is 0 Å². The second-order valence-electron chi connectivity index (χ2n) is 3.66. The number of β-amino-alcohol motifs (C(OH)–C–C–N with tert-alkyl or cyclic N) is 1. The Kier molecular flexibility index (Phi) is 3.69. The Morgan fingerprint density at radius 3 is 2.92 bits per heavy atom. The number of hydrogen-bond acceptors (Lipinski definition) is 3. The van der Waals surface area contributed by atoms with Gasteiger partial charge in [-0.25, -0.2) is 0 Å². The zero-order valence-electron chi connectivity index (χ0n) is 8.07. The van der Waals surface area contributed by atoms with E-state index < -0.39 is 0 Å². The lowest BCUT2D eigenvalue weighted by Gasteiger charge is -2.20. The molecule has 1 aliphatic heterocycles. The average Bonchev–Trinajstić information content (AvgIpc) is 2.43. The Bertz CT molecular complexity index is 184. The number of carbonyl (C=O) groups is 1. The number of nitrogens with zero attached hydrogens (tertiary/aromatic N) is 1. The van der Waals surface area contributed by atoms with Gasteiger partial charge in [0.05, 0.1) is 12.1 Å². The SMILES string of the molecule is CCCCN1CC(O)C[C@H]1C(N)=O. The first-order valence-corrected chi connectivity index (χ1v) is 4.86. The number of primary amides is 1. The third kappa shape index (κ3) is 2.67. The van der Waals surface area contributed by atoms with Crippen molar-refractivity contribution in [2.24, 2.45) is 5.73 Å². The maximum Gasteiger partial charge on any atom is 0.234 e. The highest BCUT2D eigenvalue weighted by Crippen LogP contribution is 2.17. The molecular formula is C9H18N2O2. The predicted octanol–water partition coefficient (Wildman–Crippen LogP) is -0.293. The Morgan fingerprint density at radius 1 is 1.69 bits per heavy atom. The number of likely N-dealkylation sites (tertiary alicyclic amines) is 1. The quantitative estimate of drug-likeness (QED) is 0.634. The van der Waals surface area contributed by atoms with Gasteiger partial charge in [-0.3, -0.25) is 9.69 Å². The molecule has 0 radical (unpaired) electrons. The molecule has 13 heavy (non-hydrogen) atoms. The topological polar surface area (TPSA) is 66.6 Å². The second kappa shape index (κ2) is 4.58. The summed E-state index contributed by atoms with van der Waals surface area (Å²) in [6, 6.07) is -0.249. The van der Waals surface area contributed by atoms with Gasteiger partial charge >= 0.3 is 0 Å². The van der Waals surface area contributed by atoms with E-state index in [2.05, 4.69) is 6.92 Å². The van der Waals surface area contributed by atoms with E-state index in [0.29, 0.717) is 13.0 Å². The molecule has 0 saturated carbocycles. The van der Waals surface area contributed by atoms with Gasteiger partial charge in [0.15, 0.2) is 0 Å². The van der Waals surface area contributed by atoms with E-state index in [9.17, 15) is 9.90 Å². The van der Waals surface area contributed by atoms with Crippen LogP contribution in [0.25, 0.3) is 0 Å². The number of rotatable bonds is 4. The van der Waals surface area contributed by atoms with Crippen molar-refractivity contribution in [3.8, 4) is 0 Å². The van der Waals surface area contributed by atoms with Crippen molar-refractivity contribution in [2.45, 2.75) is 38.3 Å². The molecule has 4 heteroatoms. The number of carbonyl (C=O) groups excluding carboxylic acids is 1. The number of nitrogens with two attached hydrogens (primary N) is 1. The third-order valence-electron chi connectivity index (χ3n) is 2.51. The first kappa shape index (κ1) is 10.5. The van der Waals surface area contributed by atoms with Gasteiger partial charge in [-0.05, 0) is 19.4 Å². The average molecular weight is 186 g/mol. The Hall–Kier alpha value is -0.610. The monoisotopic (exact) mass is 186 g/mol. The van der Waals surface area contributed by atoms with E-state index in [4.69, 9.17) is 5.73 Å². The molecule has 1 amide bonds. The van der Waals surface area contributed by atoms with Crippen LogP contribution in [0.1, 0.15) is 26.2 Å². The van der Waals surface area contributed by atoms with Gasteiger partial charge in [-0.2, -0.15) is 0 Å². The van der Waals surface area contributed by atoms with Crippen LogP contribution in [0.2, 0.25) is 0 Å².